The van der Waals surface area contributed by atoms with Crippen LogP contribution in [0, 0.1) is 11.6 Å². The molecule has 2 rings (SSSR count). The number of hydrogen-bond acceptors (Lipinski definition) is 2. The van der Waals surface area contributed by atoms with Gasteiger partial charge in [0, 0.05) is 27.4 Å². The predicted octanol–water partition coefficient (Wildman–Crippen LogP) is 5.00. The molecule has 0 heterocycles. The zero-order valence-corrected chi connectivity index (χ0v) is 13.2. The van der Waals surface area contributed by atoms with Gasteiger partial charge in [-0.3, -0.25) is 0 Å². The molecule has 0 aliphatic rings. The predicted molar refractivity (Wildman–Crippen MR) is 83.5 cm³/mol. The Morgan fingerprint density at radius 2 is 1.67 bits per heavy atom. The zero-order chi connectivity index (χ0) is 15.5. The monoisotopic (exact) mass is 307 g/mol. The highest BCUT2D eigenvalue weighted by Gasteiger charge is 2.14. The molecule has 0 radical (unpaired) electrons. The molecule has 2 aromatic rings. The second-order valence-electron chi connectivity index (χ2n) is 5.88. The number of benzene rings is 2. The lowest BCUT2D eigenvalue weighted by Crippen LogP contribution is -2.35. The molecule has 0 atom stereocenters. The Morgan fingerprint density at radius 3 is 2.29 bits per heavy atom. The summed E-state index contributed by atoms with van der Waals surface area (Å²) >= 11 is 1.44. The SMILES string of the molecule is CC(C)(C)NCc1c(F)cccc1Sc1ccc(F)cc1. The van der Waals surface area contributed by atoms with E-state index in [9.17, 15) is 8.78 Å². The van der Waals surface area contributed by atoms with E-state index in [0.717, 1.165) is 9.79 Å². The van der Waals surface area contributed by atoms with Gasteiger partial charge in [0.05, 0.1) is 0 Å². The normalized spacial score (nSPS) is 11.7. The van der Waals surface area contributed by atoms with Crippen molar-refractivity contribution in [1.82, 2.24) is 5.32 Å². The highest BCUT2D eigenvalue weighted by Crippen LogP contribution is 2.32. The Balaban J connectivity index is 2.22. The van der Waals surface area contributed by atoms with Gasteiger partial charge in [-0.2, -0.15) is 0 Å². The van der Waals surface area contributed by atoms with Crippen LogP contribution in [0.15, 0.2) is 52.3 Å². The molecule has 1 N–H and O–H groups in total. The van der Waals surface area contributed by atoms with Crippen LogP contribution >= 0.6 is 11.8 Å². The average Bonchev–Trinajstić information content (AvgIpc) is 2.39. The number of hydrogen-bond donors (Lipinski definition) is 1. The number of nitrogens with one attached hydrogen (secondary N) is 1. The maximum atomic E-state index is 14.1. The lowest BCUT2D eigenvalue weighted by atomic mass is 10.1. The van der Waals surface area contributed by atoms with E-state index in [1.54, 1.807) is 18.2 Å². The van der Waals surface area contributed by atoms with Crippen molar-refractivity contribution in [2.45, 2.75) is 42.6 Å². The van der Waals surface area contributed by atoms with Crippen LogP contribution < -0.4 is 5.32 Å². The first-order chi connectivity index (χ1) is 9.85. The van der Waals surface area contributed by atoms with Crippen molar-refractivity contribution in [3.8, 4) is 0 Å². The summed E-state index contributed by atoms with van der Waals surface area (Å²) in [6.45, 7) is 6.58. The maximum absolute atomic E-state index is 14.1. The van der Waals surface area contributed by atoms with Crippen molar-refractivity contribution in [3.63, 3.8) is 0 Å². The first kappa shape index (κ1) is 16.0. The third-order valence-electron chi connectivity index (χ3n) is 2.91. The van der Waals surface area contributed by atoms with Crippen LogP contribution in [0.1, 0.15) is 26.3 Å². The molecule has 0 aliphatic carbocycles. The van der Waals surface area contributed by atoms with Gasteiger partial charge < -0.3 is 5.32 Å². The van der Waals surface area contributed by atoms with E-state index >= 15 is 0 Å². The Bertz CT molecular complexity index is 603. The second-order valence-corrected chi connectivity index (χ2v) is 6.99. The van der Waals surface area contributed by atoms with Gasteiger partial charge in [0.2, 0.25) is 0 Å². The van der Waals surface area contributed by atoms with E-state index in [1.165, 1.54) is 30.0 Å². The van der Waals surface area contributed by atoms with E-state index < -0.39 is 0 Å². The smallest absolute Gasteiger partial charge is 0.128 e. The summed E-state index contributed by atoms with van der Waals surface area (Å²) in [6.07, 6.45) is 0. The van der Waals surface area contributed by atoms with Gasteiger partial charge in [0.15, 0.2) is 0 Å². The van der Waals surface area contributed by atoms with E-state index in [4.69, 9.17) is 0 Å². The number of rotatable bonds is 4. The van der Waals surface area contributed by atoms with Crippen molar-refractivity contribution in [3.05, 3.63) is 59.7 Å². The minimum Gasteiger partial charge on any atom is -0.308 e. The molecule has 0 amide bonds. The van der Waals surface area contributed by atoms with Gasteiger partial charge in [0.25, 0.3) is 0 Å². The van der Waals surface area contributed by atoms with Gasteiger partial charge in [-0.1, -0.05) is 17.8 Å². The molecule has 1 nitrogen and oxygen atoms in total. The van der Waals surface area contributed by atoms with Crippen molar-refractivity contribution in [2.24, 2.45) is 0 Å². The van der Waals surface area contributed by atoms with Gasteiger partial charge in [0.1, 0.15) is 11.6 Å². The lowest BCUT2D eigenvalue weighted by Gasteiger charge is -2.21. The Kier molecular flexibility index (Phi) is 5.01. The summed E-state index contributed by atoms with van der Waals surface area (Å²) in [5.74, 6) is -0.493. The molecule has 0 fully saturated rings. The van der Waals surface area contributed by atoms with Crippen molar-refractivity contribution >= 4 is 11.8 Å². The fourth-order valence-corrected chi connectivity index (χ4v) is 2.75. The highest BCUT2D eigenvalue weighted by atomic mass is 32.2. The van der Waals surface area contributed by atoms with Crippen molar-refractivity contribution in [2.75, 3.05) is 0 Å². The Labute approximate surface area is 128 Å². The largest absolute Gasteiger partial charge is 0.308 e. The molecule has 0 saturated heterocycles. The average molecular weight is 307 g/mol. The van der Waals surface area contributed by atoms with Gasteiger partial charge >= 0.3 is 0 Å². The summed E-state index contributed by atoms with van der Waals surface area (Å²) in [5.41, 5.74) is 0.557. The summed E-state index contributed by atoms with van der Waals surface area (Å²) in [4.78, 5) is 1.73. The van der Waals surface area contributed by atoms with Crippen molar-refractivity contribution in [1.29, 1.82) is 0 Å². The van der Waals surface area contributed by atoms with Crippen LogP contribution in [0.25, 0.3) is 0 Å². The first-order valence-corrected chi connectivity index (χ1v) is 7.63. The minimum atomic E-state index is -0.270. The third kappa shape index (κ3) is 4.83. The Morgan fingerprint density at radius 1 is 1.00 bits per heavy atom. The van der Waals surface area contributed by atoms with Crippen LogP contribution in [-0.2, 0) is 6.54 Å². The minimum absolute atomic E-state index is 0.0832. The molecule has 2 aromatic carbocycles. The molecule has 112 valence electrons. The summed E-state index contributed by atoms with van der Waals surface area (Å²) < 4.78 is 27.0. The molecule has 21 heavy (non-hydrogen) atoms. The molecular formula is C17H19F2NS. The molecule has 4 heteroatoms. The molecule has 0 spiro atoms. The van der Waals surface area contributed by atoms with Crippen molar-refractivity contribution < 1.29 is 8.78 Å². The fraction of sp³-hybridized carbons (Fsp3) is 0.294. The van der Waals surface area contributed by atoms with E-state index in [1.807, 2.05) is 26.8 Å². The van der Waals surface area contributed by atoms with Crippen LogP contribution in [0.5, 0.6) is 0 Å². The standard InChI is InChI=1S/C17H19F2NS/c1-17(2,3)20-11-14-15(19)5-4-6-16(14)21-13-9-7-12(18)8-10-13/h4-10,20H,11H2,1-3H3. The fourth-order valence-electron chi connectivity index (χ4n) is 1.79. The molecule has 0 aliphatic heterocycles. The molecule has 0 aromatic heterocycles. The van der Waals surface area contributed by atoms with Crippen LogP contribution in [-0.4, -0.2) is 5.54 Å². The summed E-state index contributed by atoms with van der Waals surface area (Å²) in [7, 11) is 0. The van der Waals surface area contributed by atoms with Gasteiger partial charge in [-0.15, -0.1) is 0 Å². The van der Waals surface area contributed by atoms with Gasteiger partial charge in [-0.25, -0.2) is 8.78 Å². The summed E-state index contributed by atoms with van der Waals surface area (Å²) in [5, 5.41) is 3.30. The van der Waals surface area contributed by atoms with Crippen LogP contribution in [0.2, 0.25) is 0 Å². The Hall–Kier alpha value is -1.39. The first-order valence-electron chi connectivity index (χ1n) is 6.81. The molecule has 0 bridgehead atoms. The van der Waals surface area contributed by atoms with E-state index in [0.29, 0.717) is 12.1 Å². The maximum Gasteiger partial charge on any atom is 0.128 e. The lowest BCUT2D eigenvalue weighted by molar-refractivity contribution is 0.416. The topological polar surface area (TPSA) is 12.0 Å². The third-order valence-corrected chi connectivity index (χ3v) is 4.02. The quantitative estimate of drug-likeness (QED) is 0.852. The number of halogens is 2. The van der Waals surface area contributed by atoms with E-state index in [-0.39, 0.29) is 17.2 Å². The highest BCUT2D eigenvalue weighted by molar-refractivity contribution is 7.99. The molecule has 0 saturated carbocycles. The molecule has 0 unspecified atom stereocenters. The molecular weight excluding hydrogens is 288 g/mol. The zero-order valence-electron chi connectivity index (χ0n) is 12.4. The van der Waals surface area contributed by atoms with Gasteiger partial charge in [-0.05, 0) is 57.2 Å². The van der Waals surface area contributed by atoms with Crippen LogP contribution in [0.4, 0.5) is 8.78 Å². The summed E-state index contributed by atoms with van der Waals surface area (Å²) in [6, 6.07) is 11.3. The van der Waals surface area contributed by atoms with E-state index in [2.05, 4.69) is 5.32 Å². The van der Waals surface area contributed by atoms with Crippen LogP contribution in [0.3, 0.4) is 0 Å². The second kappa shape index (κ2) is 6.58.